The number of benzene rings is 2. The van der Waals surface area contributed by atoms with Gasteiger partial charge in [0.2, 0.25) is 0 Å². The van der Waals surface area contributed by atoms with Crippen LogP contribution < -0.4 is 0 Å². The van der Waals surface area contributed by atoms with E-state index in [1.165, 1.54) is 49.7 Å². The van der Waals surface area contributed by atoms with Crippen LogP contribution in [0.3, 0.4) is 0 Å². The Balaban J connectivity index is 2.15. The Morgan fingerprint density at radius 1 is 0.720 bits per heavy atom. The highest BCUT2D eigenvalue weighted by Crippen LogP contribution is 2.34. The Kier molecular flexibility index (Phi) is 7.36. The van der Waals surface area contributed by atoms with E-state index >= 15 is 0 Å². The van der Waals surface area contributed by atoms with Crippen molar-refractivity contribution < 1.29 is 10.2 Å². The molecule has 2 aromatic carbocycles. The fourth-order valence-electron chi connectivity index (χ4n) is 3.45. The minimum Gasteiger partial charge on any atom is -0.508 e. The lowest BCUT2D eigenvalue weighted by atomic mass is 9.85. The Bertz CT molecular complexity index is 624. The zero-order valence-corrected chi connectivity index (χ0v) is 15.9. The summed E-state index contributed by atoms with van der Waals surface area (Å²) < 4.78 is 0. The van der Waals surface area contributed by atoms with E-state index in [1.54, 1.807) is 12.1 Å². The third-order valence-electron chi connectivity index (χ3n) is 5.09. The maximum absolute atomic E-state index is 9.84. The summed E-state index contributed by atoms with van der Waals surface area (Å²) in [5, 5.41) is 19.7. The third kappa shape index (κ3) is 5.52. The van der Waals surface area contributed by atoms with Crippen molar-refractivity contribution in [3.05, 3.63) is 58.7 Å². The molecule has 0 atom stereocenters. The summed E-state index contributed by atoms with van der Waals surface area (Å²) in [4.78, 5) is 0. The van der Waals surface area contributed by atoms with Crippen molar-refractivity contribution in [1.29, 1.82) is 0 Å². The molecule has 0 unspecified atom stereocenters. The molecular formula is C23H32O2. The van der Waals surface area contributed by atoms with Gasteiger partial charge in [0, 0.05) is 5.92 Å². The van der Waals surface area contributed by atoms with E-state index in [9.17, 15) is 10.2 Å². The first-order valence-electron chi connectivity index (χ1n) is 9.62. The summed E-state index contributed by atoms with van der Waals surface area (Å²) in [6.45, 7) is 6.14. The minimum absolute atomic E-state index is 0.310. The first kappa shape index (κ1) is 19.4. The highest BCUT2D eigenvalue weighted by atomic mass is 16.3. The molecule has 136 valence electrons. The first-order chi connectivity index (χ1) is 12.0. The van der Waals surface area contributed by atoms with E-state index in [-0.39, 0.29) is 0 Å². The molecule has 0 fully saturated rings. The molecule has 0 aromatic heterocycles. The summed E-state index contributed by atoms with van der Waals surface area (Å²) in [5.41, 5.74) is 4.32. The van der Waals surface area contributed by atoms with Crippen molar-refractivity contribution in [3.8, 4) is 11.5 Å². The molecule has 0 bridgehead atoms. The molecule has 0 amide bonds. The van der Waals surface area contributed by atoms with Crippen LogP contribution in [0.2, 0.25) is 0 Å². The molecule has 2 N–H and O–H groups in total. The standard InChI is InChI=1S/C23H32O2/c1-4-5-6-7-8-9-10-21(19-11-13-22(24)17(2)15-19)20-12-14-23(25)18(3)16-20/h11-16,21,24-25H,4-10H2,1-3H3. The fourth-order valence-corrected chi connectivity index (χ4v) is 3.45. The molecule has 2 nitrogen and oxygen atoms in total. The molecule has 0 saturated carbocycles. The summed E-state index contributed by atoms with van der Waals surface area (Å²) in [5.74, 6) is 1.01. The number of hydrogen-bond donors (Lipinski definition) is 2. The van der Waals surface area contributed by atoms with Gasteiger partial charge in [-0.15, -0.1) is 0 Å². The van der Waals surface area contributed by atoms with Crippen LogP contribution in [-0.4, -0.2) is 10.2 Å². The van der Waals surface area contributed by atoms with Crippen LogP contribution in [-0.2, 0) is 0 Å². The minimum atomic E-state index is 0.310. The van der Waals surface area contributed by atoms with Crippen molar-refractivity contribution in [1.82, 2.24) is 0 Å². The van der Waals surface area contributed by atoms with Crippen molar-refractivity contribution >= 4 is 0 Å². The molecule has 0 radical (unpaired) electrons. The number of aromatic hydroxyl groups is 2. The summed E-state index contributed by atoms with van der Waals surface area (Å²) in [6.07, 6.45) is 8.82. The Hall–Kier alpha value is -1.96. The van der Waals surface area contributed by atoms with Gasteiger partial charge < -0.3 is 10.2 Å². The van der Waals surface area contributed by atoms with Gasteiger partial charge in [-0.1, -0.05) is 69.7 Å². The van der Waals surface area contributed by atoms with Gasteiger partial charge >= 0.3 is 0 Å². The van der Waals surface area contributed by atoms with Crippen LogP contribution in [0, 0.1) is 13.8 Å². The number of phenols is 2. The van der Waals surface area contributed by atoms with Gasteiger partial charge in [-0.05, 0) is 54.7 Å². The van der Waals surface area contributed by atoms with E-state index in [0.29, 0.717) is 17.4 Å². The maximum Gasteiger partial charge on any atom is 0.118 e. The van der Waals surface area contributed by atoms with Crippen LogP contribution in [0.1, 0.15) is 80.0 Å². The molecule has 25 heavy (non-hydrogen) atoms. The predicted octanol–water partition coefficient (Wildman–Crippen LogP) is 6.60. The topological polar surface area (TPSA) is 40.5 Å². The zero-order chi connectivity index (χ0) is 18.2. The number of phenolic OH excluding ortho intramolecular Hbond substituents is 2. The van der Waals surface area contributed by atoms with Crippen LogP contribution in [0.25, 0.3) is 0 Å². The van der Waals surface area contributed by atoms with Crippen molar-refractivity contribution in [3.63, 3.8) is 0 Å². The second kappa shape index (κ2) is 9.50. The molecular weight excluding hydrogens is 308 g/mol. The van der Waals surface area contributed by atoms with E-state index < -0.39 is 0 Å². The predicted molar refractivity (Wildman–Crippen MR) is 106 cm³/mol. The van der Waals surface area contributed by atoms with Gasteiger partial charge in [0.15, 0.2) is 0 Å². The molecule has 0 aliphatic carbocycles. The molecule has 0 aliphatic heterocycles. The van der Waals surface area contributed by atoms with Gasteiger partial charge in [0.05, 0.1) is 0 Å². The zero-order valence-electron chi connectivity index (χ0n) is 15.9. The van der Waals surface area contributed by atoms with Crippen molar-refractivity contribution in [2.24, 2.45) is 0 Å². The van der Waals surface area contributed by atoms with Crippen molar-refractivity contribution in [2.75, 3.05) is 0 Å². The lowest BCUT2D eigenvalue weighted by Gasteiger charge is -2.20. The quantitative estimate of drug-likeness (QED) is 0.505. The number of hydrogen-bond acceptors (Lipinski definition) is 2. The number of rotatable bonds is 9. The van der Waals surface area contributed by atoms with E-state index in [2.05, 4.69) is 19.1 Å². The van der Waals surface area contributed by atoms with Gasteiger partial charge in [-0.2, -0.15) is 0 Å². The van der Waals surface area contributed by atoms with Crippen LogP contribution in [0.15, 0.2) is 36.4 Å². The number of unbranched alkanes of at least 4 members (excludes halogenated alkanes) is 5. The average molecular weight is 341 g/mol. The molecule has 0 aliphatic rings. The normalized spacial score (nSPS) is 11.2. The largest absolute Gasteiger partial charge is 0.508 e. The van der Waals surface area contributed by atoms with Gasteiger partial charge in [-0.3, -0.25) is 0 Å². The molecule has 2 aromatic rings. The highest BCUT2D eigenvalue weighted by Gasteiger charge is 2.16. The molecule has 2 rings (SSSR count). The van der Waals surface area contributed by atoms with Gasteiger partial charge in [-0.25, -0.2) is 0 Å². The van der Waals surface area contributed by atoms with Gasteiger partial charge in [0.1, 0.15) is 11.5 Å². The van der Waals surface area contributed by atoms with E-state index in [1.807, 2.05) is 26.0 Å². The van der Waals surface area contributed by atoms with Crippen LogP contribution >= 0.6 is 0 Å². The Labute approximate surface area is 152 Å². The summed E-state index contributed by atoms with van der Waals surface area (Å²) in [7, 11) is 0. The van der Waals surface area contributed by atoms with Crippen LogP contribution in [0.4, 0.5) is 0 Å². The Morgan fingerprint density at radius 2 is 1.20 bits per heavy atom. The molecule has 2 heteroatoms. The molecule has 0 saturated heterocycles. The van der Waals surface area contributed by atoms with E-state index in [4.69, 9.17) is 0 Å². The average Bonchev–Trinajstić information content (AvgIpc) is 2.60. The maximum atomic E-state index is 9.84. The SMILES string of the molecule is CCCCCCCCC(c1ccc(O)c(C)c1)c1ccc(O)c(C)c1. The smallest absolute Gasteiger partial charge is 0.118 e. The number of aryl methyl sites for hydroxylation is 2. The second-order valence-corrected chi connectivity index (χ2v) is 7.20. The lowest BCUT2D eigenvalue weighted by Crippen LogP contribution is -2.02. The third-order valence-corrected chi connectivity index (χ3v) is 5.09. The lowest BCUT2D eigenvalue weighted by molar-refractivity contribution is 0.470. The fraction of sp³-hybridized carbons (Fsp3) is 0.478. The molecule has 0 spiro atoms. The highest BCUT2D eigenvalue weighted by molar-refractivity contribution is 5.43. The summed E-state index contributed by atoms with van der Waals surface area (Å²) >= 11 is 0. The molecule has 0 heterocycles. The summed E-state index contributed by atoms with van der Waals surface area (Å²) in [6, 6.07) is 11.9. The van der Waals surface area contributed by atoms with Crippen LogP contribution in [0.5, 0.6) is 11.5 Å². The van der Waals surface area contributed by atoms with E-state index in [0.717, 1.165) is 17.5 Å². The monoisotopic (exact) mass is 340 g/mol. The van der Waals surface area contributed by atoms with Gasteiger partial charge in [0.25, 0.3) is 0 Å². The first-order valence-corrected chi connectivity index (χ1v) is 9.62. The second-order valence-electron chi connectivity index (χ2n) is 7.20. The Morgan fingerprint density at radius 3 is 1.68 bits per heavy atom. The van der Waals surface area contributed by atoms with Crippen molar-refractivity contribution in [2.45, 2.75) is 71.6 Å².